The Bertz CT molecular complexity index is 301. The molecule has 1 saturated heterocycles. The number of hydrogen-bond donors (Lipinski definition) is 2. The maximum Gasteiger partial charge on any atom is 0.222 e. The predicted octanol–water partition coefficient (Wildman–Crippen LogP) is 0.626. The third-order valence-electron chi connectivity index (χ3n) is 2.67. The van der Waals surface area contributed by atoms with Crippen molar-refractivity contribution < 1.29 is 14.3 Å². The number of alkyl halides is 1. The van der Waals surface area contributed by atoms with Gasteiger partial charge < -0.3 is 5.32 Å². The van der Waals surface area contributed by atoms with Crippen molar-refractivity contribution in [2.45, 2.75) is 18.5 Å². The zero-order chi connectivity index (χ0) is 9.97. The zero-order valence-electron chi connectivity index (χ0n) is 7.86. The van der Waals surface area contributed by atoms with E-state index in [2.05, 4.69) is 5.32 Å². The van der Waals surface area contributed by atoms with E-state index in [0.29, 0.717) is 13.0 Å². The maximum atomic E-state index is 13.5. The summed E-state index contributed by atoms with van der Waals surface area (Å²) in [5, 5.41) is 12.2. The Hall–Kier alpha value is -1.16. The molecule has 1 aliphatic rings. The Kier molecular flexibility index (Phi) is 2.63. The van der Waals surface area contributed by atoms with Gasteiger partial charge in [0.1, 0.15) is 6.17 Å². The summed E-state index contributed by atoms with van der Waals surface area (Å²) in [7, 11) is 0. The lowest BCUT2D eigenvalue weighted by molar-refractivity contribution is -0.904. The Labute approximate surface area is 82.1 Å². The van der Waals surface area contributed by atoms with Crippen LogP contribution in [0, 0.1) is 0 Å². The minimum Gasteiger partial charge on any atom is -0.316 e. The molecule has 1 fully saturated rings. The largest absolute Gasteiger partial charge is 0.316 e. The van der Waals surface area contributed by atoms with Crippen LogP contribution in [-0.2, 0) is 0 Å². The molecule has 1 aromatic rings. The van der Waals surface area contributed by atoms with Gasteiger partial charge in [-0.3, -0.25) is 5.21 Å². The lowest BCUT2D eigenvalue weighted by atomic mass is 9.91. The molecule has 4 heteroatoms. The summed E-state index contributed by atoms with van der Waals surface area (Å²) >= 11 is 0. The fraction of sp³-hybridized carbons (Fsp3) is 0.500. The van der Waals surface area contributed by atoms with Crippen LogP contribution in [0.3, 0.4) is 0 Å². The van der Waals surface area contributed by atoms with Crippen LogP contribution in [0.15, 0.2) is 24.5 Å². The lowest BCUT2D eigenvalue weighted by Crippen LogP contribution is -2.37. The first-order valence-corrected chi connectivity index (χ1v) is 4.82. The Morgan fingerprint density at radius 1 is 1.43 bits per heavy atom. The number of halogens is 1. The normalized spacial score (nSPS) is 27.5. The van der Waals surface area contributed by atoms with Crippen molar-refractivity contribution in [3.63, 3.8) is 0 Å². The summed E-state index contributed by atoms with van der Waals surface area (Å²) in [4.78, 5) is 0. The molecule has 2 N–H and O–H groups in total. The third kappa shape index (κ3) is 1.85. The van der Waals surface area contributed by atoms with Gasteiger partial charge in [-0.1, -0.05) is 0 Å². The number of hydrogen-bond acceptors (Lipinski definition) is 2. The van der Waals surface area contributed by atoms with Gasteiger partial charge in [-0.2, -0.15) is 0 Å². The van der Waals surface area contributed by atoms with Gasteiger partial charge >= 0.3 is 0 Å². The van der Waals surface area contributed by atoms with Crippen LogP contribution in [0.5, 0.6) is 0 Å². The van der Waals surface area contributed by atoms with Crippen LogP contribution in [0.4, 0.5) is 4.39 Å². The molecule has 76 valence electrons. The molecule has 0 spiro atoms. The quantitative estimate of drug-likeness (QED) is 0.511. The SMILES string of the molecule is O[n+]1ccc(C2CNCCC2F)cc1. The number of pyridine rings is 1. The predicted molar refractivity (Wildman–Crippen MR) is 48.9 cm³/mol. The second kappa shape index (κ2) is 3.92. The highest BCUT2D eigenvalue weighted by atomic mass is 19.1. The molecule has 2 atom stereocenters. The highest BCUT2D eigenvalue weighted by Crippen LogP contribution is 2.25. The number of aromatic nitrogens is 1. The first kappa shape index (κ1) is 9.40. The van der Waals surface area contributed by atoms with Gasteiger partial charge in [-0.05, 0) is 18.5 Å². The number of piperidine rings is 1. The molecule has 0 radical (unpaired) electrons. The van der Waals surface area contributed by atoms with Crippen LogP contribution < -0.4 is 10.0 Å². The van der Waals surface area contributed by atoms with Gasteiger partial charge in [0.05, 0.1) is 0 Å². The van der Waals surface area contributed by atoms with E-state index in [1.165, 1.54) is 12.4 Å². The van der Waals surface area contributed by atoms with Gasteiger partial charge in [0.2, 0.25) is 12.4 Å². The standard InChI is InChI=1S/C10H14FN2O/c11-10-1-4-12-7-9(10)8-2-5-13(14)6-3-8/h2-3,5-6,9-10,12,14H,1,4,7H2/q+1. The van der Waals surface area contributed by atoms with Crippen LogP contribution in [0.1, 0.15) is 17.9 Å². The molecular weight excluding hydrogens is 183 g/mol. The first-order valence-electron chi connectivity index (χ1n) is 4.82. The third-order valence-corrected chi connectivity index (χ3v) is 2.67. The van der Waals surface area contributed by atoms with Crippen molar-refractivity contribution in [2.24, 2.45) is 0 Å². The second-order valence-electron chi connectivity index (χ2n) is 3.63. The van der Waals surface area contributed by atoms with Gasteiger partial charge in [-0.15, -0.1) is 0 Å². The van der Waals surface area contributed by atoms with Crippen molar-refractivity contribution in [2.75, 3.05) is 13.1 Å². The van der Waals surface area contributed by atoms with Gasteiger partial charge in [-0.25, -0.2) is 4.39 Å². The monoisotopic (exact) mass is 197 g/mol. The van der Waals surface area contributed by atoms with E-state index >= 15 is 0 Å². The molecule has 0 saturated carbocycles. The average molecular weight is 197 g/mol. The number of nitrogens with one attached hydrogen (secondary N) is 1. The summed E-state index contributed by atoms with van der Waals surface area (Å²) in [5.41, 5.74) is 0.940. The van der Waals surface area contributed by atoms with Crippen LogP contribution >= 0.6 is 0 Å². The lowest BCUT2D eigenvalue weighted by Gasteiger charge is -2.26. The van der Waals surface area contributed by atoms with E-state index < -0.39 is 6.17 Å². The van der Waals surface area contributed by atoms with Gasteiger partial charge in [0.15, 0.2) is 0 Å². The number of nitrogens with zero attached hydrogens (tertiary/aromatic N) is 1. The van der Waals surface area contributed by atoms with Crippen molar-refractivity contribution in [3.05, 3.63) is 30.1 Å². The molecule has 2 heterocycles. The van der Waals surface area contributed by atoms with Crippen molar-refractivity contribution in [3.8, 4) is 0 Å². The van der Waals surface area contributed by atoms with Crippen molar-refractivity contribution >= 4 is 0 Å². The van der Waals surface area contributed by atoms with Gasteiger partial charge in [0, 0.05) is 29.3 Å². The second-order valence-corrected chi connectivity index (χ2v) is 3.63. The smallest absolute Gasteiger partial charge is 0.222 e. The van der Waals surface area contributed by atoms with E-state index in [-0.39, 0.29) is 5.92 Å². The summed E-state index contributed by atoms with van der Waals surface area (Å²) in [6.45, 7) is 1.43. The van der Waals surface area contributed by atoms with E-state index in [1.807, 2.05) is 0 Å². The highest BCUT2D eigenvalue weighted by molar-refractivity contribution is 5.17. The van der Waals surface area contributed by atoms with E-state index in [4.69, 9.17) is 5.21 Å². The molecule has 0 bridgehead atoms. The Morgan fingerprint density at radius 2 is 2.14 bits per heavy atom. The maximum absolute atomic E-state index is 13.5. The molecule has 1 aliphatic heterocycles. The van der Waals surface area contributed by atoms with Crippen molar-refractivity contribution in [1.82, 2.24) is 5.32 Å². The minimum atomic E-state index is -0.772. The number of rotatable bonds is 1. The zero-order valence-corrected chi connectivity index (χ0v) is 7.86. The molecule has 3 nitrogen and oxygen atoms in total. The minimum absolute atomic E-state index is 0.0788. The highest BCUT2D eigenvalue weighted by Gasteiger charge is 2.26. The summed E-state index contributed by atoms with van der Waals surface area (Å²) < 4.78 is 14.5. The molecule has 0 amide bonds. The molecule has 14 heavy (non-hydrogen) atoms. The van der Waals surface area contributed by atoms with Gasteiger partial charge in [0.25, 0.3) is 0 Å². The van der Waals surface area contributed by atoms with Crippen LogP contribution in [0.25, 0.3) is 0 Å². The fourth-order valence-electron chi connectivity index (χ4n) is 1.83. The Balaban J connectivity index is 2.16. The fourth-order valence-corrected chi connectivity index (χ4v) is 1.83. The molecule has 2 rings (SSSR count). The molecule has 1 aromatic heterocycles. The van der Waals surface area contributed by atoms with E-state index in [9.17, 15) is 4.39 Å². The average Bonchev–Trinajstić information content (AvgIpc) is 2.20. The first-order chi connectivity index (χ1) is 6.77. The molecule has 0 aliphatic carbocycles. The molecule has 2 unspecified atom stereocenters. The van der Waals surface area contributed by atoms with Crippen LogP contribution in [0.2, 0.25) is 0 Å². The van der Waals surface area contributed by atoms with Crippen LogP contribution in [-0.4, -0.2) is 24.5 Å². The molecule has 0 aromatic carbocycles. The topological polar surface area (TPSA) is 36.1 Å². The summed E-state index contributed by atoms with van der Waals surface area (Å²) in [6.07, 6.45) is 2.84. The summed E-state index contributed by atoms with van der Waals surface area (Å²) in [6, 6.07) is 3.51. The summed E-state index contributed by atoms with van der Waals surface area (Å²) in [5.74, 6) is -0.0788. The molecular formula is C10H14FN2O+. The van der Waals surface area contributed by atoms with E-state index in [1.54, 1.807) is 12.1 Å². The van der Waals surface area contributed by atoms with Crippen molar-refractivity contribution in [1.29, 1.82) is 0 Å². The Morgan fingerprint density at radius 3 is 2.79 bits per heavy atom. The van der Waals surface area contributed by atoms with E-state index in [0.717, 1.165) is 16.8 Å².